The molecule has 2 saturated heterocycles. The minimum atomic E-state index is -3.02. The number of carboxylic acid groups (broad SMARTS) is 1. The number of ether oxygens (including phenoxy) is 1. The van der Waals surface area contributed by atoms with Crippen LogP contribution in [0.15, 0.2) is 40.9 Å². The molecule has 43 heavy (non-hydrogen) atoms. The van der Waals surface area contributed by atoms with E-state index < -0.39 is 48.3 Å². The summed E-state index contributed by atoms with van der Waals surface area (Å²) in [5, 5.41) is 20.5. The zero-order chi connectivity index (χ0) is 30.6. The van der Waals surface area contributed by atoms with Crippen molar-refractivity contribution in [2.45, 2.75) is 50.4 Å². The van der Waals surface area contributed by atoms with Crippen molar-refractivity contribution in [1.82, 2.24) is 19.9 Å². The van der Waals surface area contributed by atoms with Crippen LogP contribution in [0, 0.1) is 5.92 Å². The highest BCUT2D eigenvalue weighted by Gasteiger charge is 2.47. The number of alkyl halides is 3. The highest BCUT2D eigenvalue weighted by molar-refractivity contribution is 6.30. The lowest BCUT2D eigenvalue weighted by Gasteiger charge is -2.42. The van der Waals surface area contributed by atoms with Crippen LogP contribution >= 0.6 is 11.6 Å². The number of fused-ring (bicyclic) bond motifs is 3. The first-order valence-electron chi connectivity index (χ1n) is 13.6. The molecule has 2 fully saturated rings. The Morgan fingerprint density at radius 3 is 2.74 bits per heavy atom. The van der Waals surface area contributed by atoms with E-state index in [1.165, 1.54) is 17.2 Å². The number of carboxylic acids is 1. The molecular formula is C28H28ClF3N6O5. The van der Waals surface area contributed by atoms with E-state index in [2.05, 4.69) is 15.0 Å². The zero-order valence-corrected chi connectivity index (χ0v) is 23.6. The molecule has 0 radical (unpaired) electrons. The molecule has 0 spiro atoms. The molecule has 4 N–H and O–H groups in total. The summed E-state index contributed by atoms with van der Waals surface area (Å²) in [5.41, 5.74) is 4.31. The molecule has 3 aromatic heterocycles. The molecule has 0 aliphatic carbocycles. The second-order valence-electron chi connectivity index (χ2n) is 10.9. The quantitative estimate of drug-likeness (QED) is 0.255. The van der Waals surface area contributed by atoms with Crippen LogP contribution in [-0.2, 0) is 10.5 Å². The molecule has 0 bridgehead atoms. The summed E-state index contributed by atoms with van der Waals surface area (Å²) in [7, 11) is 0. The van der Waals surface area contributed by atoms with Gasteiger partial charge in [-0.25, -0.2) is 32.9 Å². The van der Waals surface area contributed by atoms with Crippen LogP contribution in [-0.4, -0.2) is 74.2 Å². The van der Waals surface area contributed by atoms with Crippen LogP contribution in [0.3, 0.4) is 0 Å². The van der Waals surface area contributed by atoms with Gasteiger partial charge in [0.15, 0.2) is 23.6 Å². The van der Waals surface area contributed by atoms with Crippen molar-refractivity contribution in [3.63, 3.8) is 0 Å². The van der Waals surface area contributed by atoms with Crippen molar-refractivity contribution in [2.75, 3.05) is 24.5 Å². The molecule has 2 aliphatic rings. The molecular weight excluding hydrogens is 593 g/mol. The molecule has 0 amide bonds. The number of nitrogens with two attached hydrogens (primary N) is 1. The van der Waals surface area contributed by atoms with Gasteiger partial charge in [-0.15, -0.1) is 0 Å². The smallest absolute Gasteiger partial charge is 0.326 e. The van der Waals surface area contributed by atoms with Crippen molar-refractivity contribution in [2.24, 2.45) is 11.7 Å². The summed E-state index contributed by atoms with van der Waals surface area (Å²) in [6, 6.07) is 6.92. The van der Waals surface area contributed by atoms with Gasteiger partial charge < -0.3 is 24.3 Å². The molecule has 1 unspecified atom stereocenters. The van der Waals surface area contributed by atoms with Gasteiger partial charge in [0.2, 0.25) is 5.88 Å². The third-order valence-electron chi connectivity index (χ3n) is 8.20. The summed E-state index contributed by atoms with van der Waals surface area (Å²) >= 11 is 6.21. The number of rotatable bonds is 7. The molecule has 11 nitrogen and oxygen atoms in total. The molecule has 1 aromatic carbocycles. The minimum Gasteiger partial charge on any atom is -0.480 e. The summed E-state index contributed by atoms with van der Waals surface area (Å²) < 4.78 is 56.5. The van der Waals surface area contributed by atoms with E-state index in [1.54, 1.807) is 36.1 Å². The van der Waals surface area contributed by atoms with Crippen molar-refractivity contribution >= 4 is 45.5 Å². The average Bonchev–Trinajstić information content (AvgIpc) is 3.56. The lowest BCUT2D eigenvalue weighted by atomic mass is 9.79. The van der Waals surface area contributed by atoms with Crippen LogP contribution in [0.1, 0.15) is 37.6 Å². The third-order valence-corrected chi connectivity index (χ3v) is 8.41. The van der Waals surface area contributed by atoms with Gasteiger partial charge in [-0.3, -0.25) is 10.6 Å². The first-order chi connectivity index (χ1) is 20.5. The Balaban J connectivity index is 1.36. The van der Waals surface area contributed by atoms with E-state index in [1.807, 2.05) is 0 Å². The predicted molar refractivity (Wildman–Crippen MR) is 150 cm³/mol. The number of anilines is 1. The van der Waals surface area contributed by atoms with Crippen molar-refractivity contribution < 1.29 is 37.3 Å². The number of para-hydroxylation sites is 1. The van der Waals surface area contributed by atoms with Crippen LogP contribution < -0.4 is 15.4 Å². The second-order valence-corrected chi connectivity index (χ2v) is 11.3. The van der Waals surface area contributed by atoms with Gasteiger partial charge in [0.05, 0.1) is 17.1 Å². The van der Waals surface area contributed by atoms with Gasteiger partial charge in [-0.2, -0.15) is 0 Å². The number of hydrogen-bond donors (Lipinski definition) is 3. The monoisotopic (exact) mass is 620 g/mol. The summed E-state index contributed by atoms with van der Waals surface area (Å²) in [4.78, 5) is 27.5. The molecule has 5 atom stereocenters. The SMILES string of the molecule is C[C@H]1CN(C(N)O)CC[C@]1(F)c1cc(Cl)cnc1O[C@H]1C[C@@H](C(=O)O)N(c2nc(C(F)F)nc3c2oc2ccccc23)C1. The molecule has 0 saturated carbocycles. The number of piperidine rings is 1. The van der Waals surface area contributed by atoms with Crippen LogP contribution in [0.2, 0.25) is 5.02 Å². The number of furan rings is 1. The van der Waals surface area contributed by atoms with Gasteiger partial charge in [0.1, 0.15) is 28.9 Å². The van der Waals surface area contributed by atoms with Crippen molar-refractivity contribution in [1.29, 1.82) is 0 Å². The van der Waals surface area contributed by atoms with Gasteiger partial charge >= 0.3 is 5.97 Å². The summed E-state index contributed by atoms with van der Waals surface area (Å²) in [5.74, 6) is -2.82. The maximum Gasteiger partial charge on any atom is 0.326 e. The van der Waals surface area contributed by atoms with Crippen LogP contribution in [0.4, 0.5) is 19.0 Å². The first kappa shape index (κ1) is 29.4. The standard InChI is InChI=1S/C28H28ClF3N6O5/c1-13-11-37(27(33)41)7-6-28(13,32)17-8-14(29)10-34-25(17)42-15-9-18(26(39)40)38(12-15)24-21-20(35-23(36-24)22(30)31)16-4-2-3-5-19(16)43-21/h2-5,8,10,13,15,18,22,27,41H,6-7,9,11-12,33H2,1H3,(H,39,40)/t13-,15-,18-,27?,28+/m0/s1. The number of hydrogen-bond acceptors (Lipinski definition) is 10. The van der Waals surface area contributed by atoms with E-state index in [0.29, 0.717) is 11.0 Å². The summed E-state index contributed by atoms with van der Waals surface area (Å²) in [6.07, 6.45) is -3.92. The van der Waals surface area contributed by atoms with Crippen molar-refractivity contribution in [3.8, 4) is 5.88 Å². The van der Waals surface area contributed by atoms with Gasteiger partial charge in [0.25, 0.3) is 6.43 Å². The fourth-order valence-electron chi connectivity index (χ4n) is 5.99. The minimum absolute atomic E-state index is 0.0310. The fraction of sp³-hybridized carbons (Fsp3) is 0.429. The Hall–Kier alpha value is -3.72. The Morgan fingerprint density at radius 2 is 2.05 bits per heavy atom. The number of pyridine rings is 1. The van der Waals surface area contributed by atoms with E-state index >= 15 is 4.39 Å². The number of carbonyl (C=O) groups is 1. The maximum atomic E-state index is 16.7. The lowest BCUT2D eigenvalue weighted by Crippen LogP contribution is -2.53. The largest absolute Gasteiger partial charge is 0.480 e. The van der Waals surface area contributed by atoms with Gasteiger partial charge in [-0.1, -0.05) is 30.7 Å². The maximum absolute atomic E-state index is 16.7. The Kier molecular flexibility index (Phi) is 7.57. The van der Waals surface area contributed by atoms with Crippen LogP contribution in [0.5, 0.6) is 5.88 Å². The fourth-order valence-corrected chi connectivity index (χ4v) is 6.15. The van der Waals surface area contributed by atoms with Gasteiger partial charge in [0, 0.05) is 37.0 Å². The Morgan fingerprint density at radius 1 is 1.28 bits per heavy atom. The number of aliphatic hydroxyl groups is 1. The molecule has 228 valence electrons. The zero-order valence-electron chi connectivity index (χ0n) is 22.8. The number of aromatic nitrogens is 3. The van der Waals surface area contributed by atoms with Gasteiger partial charge in [-0.05, 0) is 24.6 Å². The number of benzene rings is 1. The number of aliphatic carboxylic acids is 1. The van der Waals surface area contributed by atoms with E-state index in [-0.39, 0.29) is 65.9 Å². The number of likely N-dealkylation sites (tertiary alicyclic amines) is 1. The topological polar surface area (TPSA) is 151 Å². The van der Waals surface area contributed by atoms with E-state index in [9.17, 15) is 23.8 Å². The molecule has 5 heterocycles. The Bertz CT molecular complexity index is 1690. The third kappa shape index (κ3) is 5.22. The van der Waals surface area contributed by atoms with Crippen LogP contribution in [0.25, 0.3) is 22.1 Å². The number of nitrogens with zero attached hydrogens (tertiary/aromatic N) is 5. The number of halogens is 4. The molecule has 4 aromatic rings. The Labute approximate surface area is 248 Å². The lowest BCUT2D eigenvalue weighted by molar-refractivity contribution is -0.138. The second kappa shape index (κ2) is 11.1. The highest BCUT2D eigenvalue weighted by Crippen LogP contribution is 2.46. The van der Waals surface area contributed by atoms with E-state index in [0.717, 1.165) is 0 Å². The molecule has 6 rings (SSSR count). The molecule has 2 aliphatic heterocycles. The number of aliphatic hydroxyl groups excluding tert-OH is 1. The molecule has 15 heteroatoms. The average molecular weight is 621 g/mol. The van der Waals surface area contributed by atoms with E-state index in [4.69, 9.17) is 26.5 Å². The summed E-state index contributed by atoms with van der Waals surface area (Å²) in [6.45, 7) is 1.89. The van der Waals surface area contributed by atoms with Crippen molar-refractivity contribution in [3.05, 3.63) is 52.9 Å². The first-order valence-corrected chi connectivity index (χ1v) is 14.0. The normalized spacial score (nSPS) is 25.6. The highest BCUT2D eigenvalue weighted by atomic mass is 35.5. The predicted octanol–water partition coefficient (Wildman–Crippen LogP) is 4.21.